The molecule has 6 heteroatoms. The number of rotatable bonds is 1. The van der Waals surface area contributed by atoms with E-state index >= 15 is 0 Å². The summed E-state index contributed by atoms with van der Waals surface area (Å²) < 4.78 is 8.21. The van der Waals surface area contributed by atoms with Gasteiger partial charge < -0.3 is 9.80 Å². The predicted molar refractivity (Wildman–Crippen MR) is 68.2 cm³/mol. The maximum Gasteiger partial charge on any atom is 0.228 e. The van der Waals surface area contributed by atoms with Crippen molar-refractivity contribution in [3.8, 4) is 0 Å². The lowest BCUT2D eigenvalue weighted by Crippen LogP contribution is -2.51. The number of hydrogen-bond donors (Lipinski definition) is 0. The molecule has 94 valence electrons. The van der Waals surface area contributed by atoms with E-state index in [1.165, 1.54) is 11.7 Å². The fourth-order valence-electron chi connectivity index (χ4n) is 1.91. The second kappa shape index (κ2) is 4.60. The highest BCUT2D eigenvalue weighted by Crippen LogP contribution is 2.20. The number of hydrogen-bond acceptors (Lipinski definition) is 5. The minimum Gasteiger partial charge on any atom is -0.351 e. The maximum absolute atomic E-state index is 12.1. The monoisotopic (exact) mass is 254 g/mol. The molecule has 0 saturated carbocycles. The van der Waals surface area contributed by atoms with Gasteiger partial charge in [-0.2, -0.15) is 8.75 Å². The molecule has 0 unspecified atom stereocenters. The SMILES string of the molecule is CC(C)(C)C(=O)N1CCN(c2cnsn2)CC1. The quantitative estimate of drug-likeness (QED) is 0.756. The summed E-state index contributed by atoms with van der Waals surface area (Å²) >= 11 is 1.22. The van der Waals surface area contributed by atoms with E-state index in [1.807, 2.05) is 25.7 Å². The molecule has 1 aromatic rings. The fraction of sp³-hybridized carbons (Fsp3) is 0.727. The van der Waals surface area contributed by atoms with Crippen molar-refractivity contribution in [3.63, 3.8) is 0 Å². The second-order valence-corrected chi connectivity index (χ2v) is 5.85. The summed E-state index contributed by atoms with van der Waals surface area (Å²) in [5.41, 5.74) is -0.287. The van der Waals surface area contributed by atoms with Gasteiger partial charge in [-0.1, -0.05) is 20.8 Å². The Morgan fingerprint density at radius 1 is 1.29 bits per heavy atom. The molecule has 2 rings (SSSR count). The first-order valence-corrected chi connectivity index (χ1v) is 6.53. The van der Waals surface area contributed by atoms with Crippen LogP contribution in [0.5, 0.6) is 0 Å². The van der Waals surface area contributed by atoms with Gasteiger partial charge in [0.2, 0.25) is 5.91 Å². The van der Waals surface area contributed by atoms with E-state index in [0.717, 1.165) is 32.0 Å². The molecule has 0 spiro atoms. The minimum atomic E-state index is -0.287. The lowest BCUT2D eigenvalue weighted by molar-refractivity contribution is -0.139. The van der Waals surface area contributed by atoms with Crippen LogP contribution < -0.4 is 4.90 Å². The molecule has 0 aromatic carbocycles. The maximum atomic E-state index is 12.1. The molecule has 0 radical (unpaired) electrons. The fourth-order valence-corrected chi connectivity index (χ4v) is 2.35. The van der Waals surface area contributed by atoms with Crippen LogP contribution in [0.25, 0.3) is 0 Å². The molecule has 1 aliphatic rings. The van der Waals surface area contributed by atoms with Gasteiger partial charge in [0.1, 0.15) is 0 Å². The summed E-state index contributed by atoms with van der Waals surface area (Å²) in [4.78, 5) is 16.2. The van der Waals surface area contributed by atoms with E-state index in [0.29, 0.717) is 0 Å². The van der Waals surface area contributed by atoms with E-state index in [-0.39, 0.29) is 11.3 Å². The molecule has 1 fully saturated rings. The van der Waals surface area contributed by atoms with Crippen LogP contribution in [0.15, 0.2) is 6.20 Å². The van der Waals surface area contributed by atoms with E-state index < -0.39 is 0 Å². The van der Waals surface area contributed by atoms with Crippen molar-refractivity contribution in [2.75, 3.05) is 31.1 Å². The van der Waals surface area contributed by atoms with Crippen molar-refractivity contribution >= 4 is 23.5 Å². The smallest absolute Gasteiger partial charge is 0.228 e. The molecular formula is C11H18N4OS. The second-order valence-electron chi connectivity index (χ2n) is 5.29. The first-order chi connectivity index (χ1) is 7.98. The molecular weight excluding hydrogens is 236 g/mol. The number of anilines is 1. The third-order valence-electron chi connectivity index (χ3n) is 2.88. The zero-order chi connectivity index (χ0) is 12.5. The van der Waals surface area contributed by atoms with Gasteiger partial charge in [0.05, 0.1) is 17.9 Å². The zero-order valence-electron chi connectivity index (χ0n) is 10.5. The molecule has 0 bridgehead atoms. The Bertz CT molecular complexity index is 377. The number of amides is 1. The lowest BCUT2D eigenvalue weighted by Gasteiger charge is -2.37. The topological polar surface area (TPSA) is 49.3 Å². The molecule has 1 saturated heterocycles. The number of carbonyl (C=O) groups is 1. The average Bonchev–Trinajstić information content (AvgIpc) is 2.80. The predicted octanol–water partition coefficient (Wildman–Crippen LogP) is 1.23. The van der Waals surface area contributed by atoms with Crippen LogP contribution in [0.3, 0.4) is 0 Å². The van der Waals surface area contributed by atoms with E-state index in [4.69, 9.17) is 0 Å². The van der Waals surface area contributed by atoms with Crippen molar-refractivity contribution in [3.05, 3.63) is 6.20 Å². The number of nitrogens with zero attached hydrogens (tertiary/aromatic N) is 4. The largest absolute Gasteiger partial charge is 0.351 e. The Hall–Kier alpha value is -1.17. The van der Waals surface area contributed by atoms with Gasteiger partial charge in [-0.25, -0.2) is 0 Å². The number of carbonyl (C=O) groups excluding carboxylic acids is 1. The first-order valence-electron chi connectivity index (χ1n) is 5.80. The van der Waals surface area contributed by atoms with Crippen LogP contribution in [-0.4, -0.2) is 45.7 Å². The summed E-state index contributed by atoms with van der Waals surface area (Å²) in [6.07, 6.45) is 1.78. The lowest BCUT2D eigenvalue weighted by atomic mass is 9.94. The molecule has 1 aliphatic heterocycles. The number of aromatic nitrogens is 2. The Balaban J connectivity index is 1.93. The Morgan fingerprint density at radius 3 is 2.41 bits per heavy atom. The van der Waals surface area contributed by atoms with Crippen LogP contribution in [0, 0.1) is 5.41 Å². The molecule has 2 heterocycles. The van der Waals surface area contributed by atoms with Crippen molar-refractivity contribution in [1.29, 1.82) is 0 Å². The van der Waals surface area contributed by atoms with Gasteiger partial charge in [-0.15, -0.1) is 0 Å². The third kappa shape index (κ3) is 2.74. The van der Waals surface area contributed by atoms with Crippen LogP contribution in [0.2, 0.25) is 0 Å². The van der Waals surface area contributed by atoms with E-state index in [9.17, 15) is 4.79 Å². The summed E-state index contributed by atoms with van der Waals surface area (Å²) in [6, 6.07) is 0. The van der Waals surface area contributed by atoms with Gasteiger partial charge in [0.25, 0.3) is 0 Å². The highest BCUT2D eigenvalue weighted by molar-refractivity contribution is 6.99. The van der Waals surface area contributed by atoms with Crippen LogP contribution in [0.4, 0.5) is 5.82 Å². The first kappa shape index (κ1) is 12.3. The van der Waals surface area contributed by atoms with E-state index in [1.54, 1.807) is 6.20 Å². The molecule has 5 nitrogen and oxygen atoms in total. The van der Waals surface area contributed by atoms with Gasteiger partial charge >= 0.3 is 0 Å². The zero-order valence-corrected chi connectivity index (χ0v) is 11.3. The highest BCUT2D eigenvalue weighted by Gasteiger charge is 2.29. The molecule has 0 aliphatic carbocycles. The van der Waals surface area contributed by atoms with Gasteiger partial charge in [0.15, 0.2) is 5.82 Å². The molecule has 0 N–H and O–H groups in total. The summed E-state index contributed by atoms with van der Waals surface area (Å²) in [6.45, 7) is 9.12. The Kier molecular flexibility index (Phi) is 3.33. The Labute approximate surface area is 106 Å². The van der Waals surface area contributed by atoms with Gasteiger partial charge in [0, 0.05) is 31.6 Å². The van der Waals surface area contributed by atoms with Crippen LogP contribution >= 0.6 is 11.7 Å². The van der Waals surface area contributed by atoms with Crippen LogP contribution in [0.1, 0.15) is 20.8 Å². The molecule has 1 amide bonds. The van der Waals surface area contributed by atoms with E-state index in [2.05, 4.69) is 13.6 Å². The average molecular weight is 254 g/mol. The molecule has 1 aromatic heterocycles. The summed E-state index contributed by atoms with van der Waals surface area (Å²) in [5, 5.41) is 0. The van der Waals surface area contributed by atoms with Gasteiger partial charge in [-0.3, -0.25) is 4.79 Å². The van der Waals surface area contributed by atoms with Crippen molar-refractivity contribution in [2.24, 2.45) is 5.41 Å². The van der Waals surface area contributed by atoms with Crippen molar-refractivity contribution < 1.29 is 4.79 Å². The Morgan fingerprint density at radius 2 is 1.94 bits per heavy atom. The number of piperazine rings is 1. The normalized spacial score (nSPS) is 17.4. The molecule has 0 atom stereocenters. The molecule has 17 heavy (non-hydrogen) atoms. The standard InChI is InChI=1S/C11H18N4OS/c1-11(2,3)10(16)15-6-4-14(5-7-15)9-8-12-17-13-9/h8H,4-7H2,1-3H3. The van der Waals surface area contributed by atoms with Crippen molar-refractivity contribution in [2.45, 2.75) is 20.8 Å². The summed E-state index contributed by atoms with van der Waals surface area (Å²) in [7, 11) is 0. The minimum absolute atomic E-state index is 0.230. The highest BCUT2D eigenvalue weighted by atomic mass is 32.1. The van der Waals surface area contributed by atoms with Gasteiger partial charge in [-0.05, 0) is 0 Å². The van der Waals surface area contributed by atoms with Crippen molar-refractivity contribution in [1.82, 2.24) is 13.6 Å². The third-order valence-corrected chi connectivity index (χ3v) is 3.35. The summed E-state index contributed by atoms with van der Waals surface area (Å²) in [5.74, 6) is 1.16. The van der Waals surface area contributed by atoms with Crippen LogP contribution in [-0.2, 0) is 4.79 Å².